The van der Waals surface area contributed by atoms with Crippen LogP contribution in [0.5, 0.6) is 0 Å². The van der Waals surface area contributed by atoms with Gasteiger partial charge in [0.15, 0.2) is 5.52 Å². The molecule has 1 aromatic heterocycles. The third-order valence-corrected chi connectivity index (χ3v) is 18.2. The number of ether oxygens (including phenoxy) is 3. The van der Waals surface area contributed by atoms with Crippen LogP contribution in [0.15, 0.2) is 29.4 Å². The van der Waals surface area contributed by atoms with E-state index in [9.17, 15) is 19.7 Å². The van der Waals surface area contributed by atoms with Crippen LogP contribution in [0.3, 0.4) is 0 Å². The van der Waals surface area contributed by atoms with Gasteiger partial charge in [0, 0.05) is 63.9 Å². The van der Waals surface area contributed by atoms with Gasteiger partial charge >= 0.3 is 5.69 Å². The zero-order valence-electron chi connectivity index (χ0n) is 47.8. The van der Waals surface area contributed by atoms with Crippen LogP contribution in [0.1, 0.15) is 182 Å². The molecule has 2 aromatic rings. The molecule has 1 unspecified atom stereocenters. The Morgan fingerprint density at radius 2 is 1.51 bits per heavy atom. The number of aromatic nitrogens is 2. The minimum absolute atomic E-state index is 0.00434. The molecule has 2 amide bonds. The van der Waals surface area contributed by atoms with Gasteiger partial charge in [0.05, 0.1) is 28.9 Å². The topological polar surface area (TPSA) is 240 Å². The maximum Gasteiger partial charge on any atom is 0.300 e. The van der Waals surface area contributed by atoms with E-state index in [1.165, 1.54) is 31.7 Å². The number of hydrogen-bond donors (Lipinski definition) is 4. The summed E-state index contributed by atoms with van der Waals surface area (Å²) >= 11 is 0. The molecular weight excluding hydrogens is 963 g/mol. The van der Waals surface area contributed by atoms with Gasteiger partial charge in [-0.1, -0.05) is 79.2 Å². The summed E-state index contributed by atoms with van der Waals surface area (Å²) in [6, 6.07) is 3.00. The lowest BCUT2D eigenvalue weighted by Crippen LogP contribution is -2.59. The van der Waals surface area contributed by atoms with E-state index in [1.54, 1.807) is 17.0 Å². The SMILES string of the molecule is C=CCN(CC(=O)N(CCCCCCCC)CCC[C@@H](C)[C@H]1CC[C@H]2C([C@@H](CC)OCCCN)[C@@H]([C@]3(C)CC[C@H](OCCCN)CC3)C[C@H](OCCCN)[C@]12C)C(=O)CCCCCNc1ccc([N+](=O)[O-])c2nonc12. The summed E-state index contributed by atoms with van der Waals surface area (Å²) in [6.45, 7) is 22.4. The molecule has 17 nitrogen and oxygen atoms in total. The van der Waals surface area contributed by atoms with Crippen LogP contribution in [0.2, 0.25) is 0 Å². The van der Waals surface area contributed by atoms with Gasteiger partial charge in [-0.3, -0.25) is 19.7 Å². The van der Waals surface area contributed by atoms with E-state index in [0.717, 1.165) is 116 Å². The standard InChI is InChI=1S/C59H103N9O8/c1-7-10-11-12-13-17-37-66(54(70)43-67(36-8-2)53(69)23-15-14-16-35-63-49-26-27-50(68(71)72)57-56(49)64-76-65-57)38-18-22-44(4)46-24-25-47-55(51(9-3)74-40-20-33-61)48(42-52(59(46,47)6)75-41-21-34-62)58(5)30-28-45(29-31-58)73-39-19-32-60/h8,26-27,44-48,51-52,55,63H,2,7,9-25,28-43,60-62H2,1,3-6H3/t44-,45-,46-,47+,48+,51-,52+,55?,58+,59-/m1/s1. The quantitative estimate of drug-likeness (QED) is 0.0211. The van der Waals surface area contributed by atoms with Gasteiger partial charge < -0.3 is 46.5 Å². The van der Waals surface area contributed by atoms with Gasteiger partial charge in [0.1, 0.15) is 6.54 Å². The van der Waals surface area contributed by atoms with E-state index >= 15 is 0 Å². The largest absolute Gasteiger partial charge is 0.383 e. The van der Waals surface area contributed by atoms with Crippen molar-refractivity contribution in [3.05, 3.63) is 34.9 Å². The van der Waals surface area contributed by atoms with Gasteiger partial charge in [0.2, 0.25) is 17.3 Å². The molecule has 3 saturated carbocycles. The molecule has 432 valence electrons. The van der Waals surface area contributed by atoms with Crippen molar-refractivity contribution in [2.45, 2.75) is 201 Å². The Labute approximate surface area is 456 Å². The summed E-state index contributed by atoms with van der Waals surface area (Å²) in [5.74, 6) is 2.19. The first-order valence-electron chi connectivity index (χ1n) is 30.1. The maximum atomic E-state index is 14.4. The fourth-order valence-electron chi connectivity index (χ4n) is 14.0. The molecule has 0 saturated heterocycles. The third-order valence-electron chi connectivity index (χ3n) is 18.2. The molecule has 3 fully saturated rings. The molecule has 3 aliphatic rings. The zero-order valence-corrected chi connectivity index (χ0v) is 47.8. The molecule has 1 aromatic carbocycles. The Kier molecular flexibility index (Phi) is 27.4. The number of amides is 2. The highest BCUT2D eigenvalue weighted by atomic mass is 16.6. The summed E-state index contributed by atoms with van der Waals surface area (Å²) in [5.41, 5.74) is 18.9. The number of rotatable bonds is 39. The molecule has 5 rings (SSSR count). The predicted octanol–water partition coefficient (Wildman–Crippen LogP) is 10.6. The lowest BCUT2D eigenvalue weighted by Gasteiger charge is -2.60. The summed E-state index contributed by atoms with van der Waals surface area (Å²) in [4.78, 5) is 42.7. The number of carbonyl (C=O) groups excluding carboxylic acids is 2. The highest BCUT2D eigenvalue weighted by Crippen LogP contribution is 2.66. The van der Waals surface area contributed by atoms with Gasteiger partial charge in [-0.2, -0.15) is 0 Å². The van der Waals surface area contributed by atoms with Crippen LogP contribution >= 0.6 is 0 Å². The third kappa shape index (κ3) is 17.4. The van der Waals surface area contributed by atoms with Gasteiger partial charge in [0.25, 0.3) is 0 Å². The minimum Gasteiger partial charge on any atom is -0.383 e. The van der Waals surface area contributed by atoms with E-state index in [4.69, 9.17) is 36.0 Å². The van der Waals surface area contributed by atoms with Crippen molar-refractivity contribution in [2.24, 2.45) is 57.6 Å². The van der Waals surface area contributed by atoms with Gasteiger partial charge in [-0.15, -0.1) is 6.58 Å². The summed E-state index contributed by atoms with van der Waals surface area (Å²) < 4.78 is 25.2. The van der Waals surface area contributed by atoms with E-state index in [2.05, 4.69) is 56.8 Å². The molecular formula is C59H103N9O8. The smallest absolute Gasteiger partial charge is 0.300 e. The first-order chi connectivity index (χ1) is 36.8. The number of hydrogen-bond acceptors (Lipinski definition) is 14. The second-order valence-electron chi connectivity index (χ2n) is 23.3. The second kappa shape index (κ2) is 33.0. The Balaban J connectivity index is 1.24. The molecule has 76 heavy (non-hydrogen) atoms. The fourth-order valence-corrected chi connectivity index (χ4v) is 14.0. The molecule has 0 aliphatic heterocycles. The van der Waals surface area contributed by atoms with Crippen molar-refractivity contribution in [2.75, 3.05) is 77.5 Å². The number of nitrogens with zero attached hydrogens (tertiary/aromatic N) is 5. The molecule has 0 spiro atoms. The zero-order chi connectivity index (χ0) is 54.9. The number of unbranched alkanes of at least 4 members (excludes halogenated alkanes) is 7. The monoisotopic (exact) mass is 1070 g/mol. The highest BCUT2D eigenvalue weighted by Gasteiger charge is 2.63. The second-order valence-corrected chi connectivity index (χ2v) is 23.3. The molecule has 17 heteroatoms. The Hall–Kier alpha value is -3.74. The van der Waals surface area contributed by atoms with Crippen molar-refractivity contribution < 1.29 is 33.4 Å². The van der Waals surface area contributed by atoms with Crippen molar-refractivity contribution in [3.63, 3.8) is 0 Å². The van der Waals surface area contributed by atoms with E-state index in [-0.39, 0.29) is 52.6 Å². The maximum absolute atomic E-state index is 14.4. The van der Waals surface area contributed by atoms with Crippen molar-refractivity contribution >= 4 is 34.2 Å². The first kappa shape index (κ1) is 63.1. The number of benzene rings is 1. The number of nitrogens with two attached hydrogens (primary N) is 3. The van der Waals surface area contributed by atoms with E-state index < -0.39 is 4.92 Å². The number of carbonyl (C=O) groups is 2. The average molecular weight is 1070 g/mol. The minimum atomic E-state index is -0.508. The van der Waals surface area contributed by atoms with Crippen molar-refractivity contribution in [3.8, 4) is 0 Å². The van der Waals surface area contributed by atoms with Crippen LogP contribution < -0.4 is 22.5 Å². The van der Waals surface area contributed by atoms with Crippen LogP contribution in [-0.4, -0.2) is 127 Å². The lowest BCUT2D eigenvalue weighted by molar-refractivity contribution is -0.383. The van der Waals surface area contributed by atoms with Crippen molar-refractivity contribution in [1.82, 2.24) is 20.1 Å². The number of nitro benzene ring substituents is 1. The predicted molar refractivity (Wildman–Crippen MR) is 304 cm³/mol. The highest BCUT2D eigenvalue weighted by molar-refractivity contribution is 5.93. The summed E-state index contributed by atoms with van der Waals surface area (Å²) in [5, 5.41) is 22.2. The Bertz CT molecular complexity index is 2020. The molecule has 7 N–H and O–H groups in total. The number of nitro groups is 1. The number of nitrogens with one attached hydrogen (secondary N) is 1. The summed E-state index contributed by atoms with van der Waals surface area (Å²) in [6.07, 6.45) is 25.0. The average Bonchev–Trinajstić information content (AvgIpc) is 4.16. The Morgan fingerprint density at radius 1 is 0.842 bits per heavy atom. The first-order valence-corrected chi connectivity index (χ1v) is 30.1. The lowest BCUT2D eigenvalue weighted by atomic mass is 9.48. The molecule has 3 aliphatic carbocycles. The Morgan fingerprint density at radius 3 is 2.21 bits per heavy atom. The molecule has 0 radical (unpaired) electrons. The van der Waals surface area contributed by atoms with Crippen LogP contribution in [-0.2, 0) is 23.8 Å². The summed E-state index contributed by atoms with van der Waals surface area (Å²) in [7, 11) is 0. The molecule has 1 heterocycles. The molecule has 8 atom stereocenters. The van der Waals surface area contributed by atoms with Gasteiger partial charge in [-0.25, -0.2) is 4.63 Å². The fraction of sp³-hybridized carbons (Fsp3) is 0.831. The van der Waals surface area contributed by atoms with E-state index in [1.807, 2.05) is 4.90 Å². The van der Waals surface area contributed by atoms with E-state index in [0.29, 0.717) is 119 Å². The number of anilines is 1. The van der Waals surface area contributed by atoms with Crippen molar-refractivity contribution in [1.29, 1.82) is 0 Å². The van der Waals surface area contributed by atoms with Gasteiger partial charge in [-0.05, 0) is 174 Å². The number of fused-ring (bicyclic) bond motifs is 2. The van der Waals surface area contributed by atoms with Crippen LogP contribution in [0, 0.1) is 50.5 Å². The normalized spacial score (nSPS) is 25.3. The molecule has 0 bridgehead atoms. The number of non-ortho nitro benzene ring substituents is 1. The van der Waals surface area contributed by atoms with Crippen LogP contribution in [0.4, 0.5) is 11.4 Å². The van der Waals surface area contributed by atoms with Crippen LogP contribution in [0.25, 0.3) is 11.0 Å².